The summed E-state index contributed by atoms with van der Waals surface area (Å²) >= 11 is 0. The molecule has 1 aliphatic heterocycles. The van der Waals surface area contributed by atoms with Gasteiger partial charge in [0.15, 0.2) is 0 Å². The number of carbonyl (C=O) groups excluding carboxylic acids is 2. The second-order valence-corrected chi connectivity index (χ2v) is 7.67. The number of benzene rings is 1. The Morgan fingerprint density at radius 3 is 2.41 bits per heavy atom. The number of para-hydroxylation sites is 1. The molecule has 1 aromatic carbocycles. The van der Waals surface area contributed by atoms with Gasteiger partial charge in [0, 0.05) is 50.2 Å². The number of aromatic nitrogens is 2. The van der Waals surface area contributed by atoms with Crippen molar-refractivity contribution >= 4 is 17.5 Å². The number of aryl methyl sites for hydroxylation is 3. The second kappa shape index (κ2) is 9.22. The maximum Gasteiger partial charge on any atom is 0.238 e. The van der Waals surface area contributed by atoms with Crippen LogP contribution < -0.4 is 5.32 Å². The van der Waals surface area contributed by atoms with Crippen molar-refractivity contribution in [2.24, 2.45) is 7.05 Å². The standard InChI is InChI=1S/C22H31N5O2/c1-5-18-8-6-7-9-20(18)23-21(28)15-26-10-12-27(13-11-26)22(29)14-19-16(2)24-25(4)17(19)3/h6-9H,5,10-15H2,1-4H3,(H,23,28). The largest absolute Gasteiger partial charge is 0.340 e. The predicted molar refractivity (Wildman–Crippen MR) is 114 cm³/mol. The summed E-state index contributed by atoms with van der Waals surface area (Å²) in [5.74, 6) is 0.123. The molecular weight excluding hydrogens is 366 g/mol. The first-order valence-corrected chi connectivity index (χ1v) is 10.3. The summed E-state index contributed by atoms with van der Waals surface area (Å²) in [6, 6.07) is 7.89. The van der Waals surface area contributed by atoms with Crippen LogP contribution in [0.4, 0.5) is 5.69 Å². The fraction of sp³-hybridized carbons (Fsp3) is 0.500. The normalized spacial score (nSPS) is 14.8. The molecule has 0 unspecified atom stereocenters. The van der Waals surface area contributed by atoms with Crippen molar-refractivity contribution in [3.8, 4) is 0 Å². The molecular formula is C22H31N5O2. The van der Waals surface area contributed by atoms with Crippen LogP contribution >= 0.6 is 0 Å². The third kappa shape index (κ3) is 5.03. The highest BCUT2D eigenvalue weighted by Crippen LogP contribution is 2.16. The summed E-state index contributed by atoms with van der Waals surface area (Å²) in [6.45, 7) is 9.08. The molecule has 1 aromatic heterocycles. The highest BCUT2D eigenvalue weighted by Gasteiger charge is 2.24. The molecule has 0 atom stereocenters. The van der Waals surface area contributed by atoms with E-state index in [9.17, 15) is 9.59 Å². The lowest BCUT2D eigenvalue weighted by Crippen LogP contribution is -2.50. The number of piperazine rings is 1. The highest BCUT2D eigenvalue weighted by molar-refractivity contribution is 5.93. The van der Waals surface area contributed by atoms with Crippen LogP contribution in [0.1, 0.15) is 29.4 Å². The fourth-order valence-corrected chi connectivity index (χ4v) is 3.84. The van der Waals surface area contributed by atoms with Gasteiger partial charge in [-0.1, -0.05) is 25.1 Å². The molecule has 3 rings (SSSR count). The van der Waals surface area contributed by atoms with Gasteiger partial charge in [-0.3, -0.25) is 19.2 Å². The van der Waals surface area contributed by atoms with Crippen molar-refractivity contribution in [3.05, 3.63) is 46.8 Å². The summed E-state index contributed by atoms with van der Waals surface area (Å²) in [6.07, 6.45) is 1.27. The Morgan fingerprint density at radius 2 is 1.79 bits per heavy atom. The molecule has 0 radical (unpaired) electrons. The van der Waals surface area contributed by atoms with Crippen molar-refractivity contribution in [2.75, 3.05) is 38.0 Å². The minimum absolute atomic E-state index is 0.00714. The third-order valence-corrected chi connectivity index (χ3v) is 5.75. The van der Waals surface area contributed by atoms with Gasteiger partial charge < -0.3 is 10.2 Å². The van der Waals surface area contributed by atoms with Crippen molar-refractivity contribution in [1.29, 1.82) is 0 Å². The van der Waals surface area contributed by atoms with E-state index in [-0.39, 0.29) is 11.8 Å². The molecule has 0 spiro atoms. The molecule has 29 heavy (non-hydrogen) atoms. The van der Waals surface area contributed by atoms with Gasteiger partial charge >= 0.3 is 0 Å². The number of carbonyl (C=O) groups is 2. The lowest BCUT2D eigenvalue weighted by atomic mass is 10.1. The van der Waals surface area contributed by atoms with Crippen molar-refractivity contribution in [3.63, 3.8) is 0 Å². The first-order chi connectivity index (χ1) is 13.9. The lowest BCUT2D eigenvalue weighted by Gasteiger charge is -2.34. The summed E-state index contributed by atoms with van der Waals surface area (Å²) in [4.78, 5) is 29.2. The van der Waals surface area contributed by atoms with E-state index >= 15 is 0 Å². The topological polar surface area (TPSA) is 70.5 Å². The first kappa shape index (κ1) is 21.0. The lowest BCUT2D eigenvalue weighted by molar-refractivity contribution is -0.132. The Labute approximate surface area is 172 Å². The number of anilines is 1. The van der Waals surface area contributed by atoms with Crippen LogP contribution in [0.25, 0.3) is 0 Å². The molecule has 0 bridgehead atoms. The van der Waals surface area contributed by atoms with Gasteiger partial charge in [0.05, 0.1) is 18.7 Å². The average Bonchev–Trinajstić information content (AvgIpc) is 2.95. The van der Waals surface area contributed by atoms with Gasteiger partial charge in [-0.2, -0.15) is 5.10 Å². The van der Waals surface area contributed by atoms with E-state index in [2.05, 4.69) is 22.2 Å². The van der Waals surface area contributed by atoms with Crippen LogP contribution in [0.3, 0.4) is 0 Å². The van der Waals surface area contributed by atoms with E-state index < -0.39 is 0 Å². The molecule has 0 aliphatic carbocycles. The predicted octanol–water partition coefficient (Wildman–Crippen LogP) is 1.92. The molecule has 2 heterocycles. The van der Waals surface area contributed by atoms with Gasteiger partial charge in [-0.05, 0) is 31.9 Å². The minimum Gasteiger partial charge on any atom is -0.340 e. The molecule has 1 saturated heterocycles. The number of nitrogens with zero attached hydrogens (tertiary/aromatic N) is 4. The molecule has 2 amide bonds. The SMILES string of the molecule is CCc1ccccc1NC(=O)CN1CCN(C(=O)Cc2c(C)nn(C)c2C)CC1. The maximum atomic E-state index is 12.7. The summed E-state index contributed by atoms with van der Waals surface area (Å²) < 4.78 is 1.82. The number of hydrogen-bond acceptors (Lipinski definition) is 4. The van der Waals surface area contributed by atoms with E-state index in [0.717, 1.165) is 34.6 Å². The number of nitrogens with one attached hydrogen (secondary N) is 1. The molecule has 2 aromatic rings. The smallest absolute Gasteiger partial charge is 0.238 e. The average molecular weight is 398 g/mol. The first-order valence-electron chi connectivity index (χ1n) is 10.3. The Bertz CT molecular complexity index is 881. The Hall–Kier alpha value is -2.67. The quantitative estimate of drug-likeness (QED) is 0.809. The molecule has 7 nitrogen and oxygen atoms in total. The van der Waals surface area contributed by atoms with E-state index in [1.165, 1.54) is 0 Å². The van der Waals surface area contributed by atoms with Crippen LogP contribution in [0, 0.1) is 13.8 Å². The summed E-state index contributed by atoms with van der Waals surface area (Å²) in [5, 5.41) is 7.41. The minimum atomic E-state index is -0.00714. The van der Waals surface area contributed by atoms with Gasteiger partial charge in [0.1, 0.15) is 0 Å². The summed E-state index contributed by atoms with van der Waals surface area (Å²) in [5.41, 5.74) is 5.00. The fourth-order valence-electron chi connectivity index (χ4n) is 3.84. The Balaban J connectivity index is 1.48. The van der Waals surface area contributed by atoms with Crippen LogP contribution in [-0.4, -0.2) is 64.1 Å². The zero-order chi connectivity index (χ0) is 21.0. The Kier molecular flexibility index (Phi) is 6.69. The third-order valence-electron chi connectivity index (χ3n) is 5.75. The van der Waals surface area contributed by atoms with E-state index in [0.29, 0.717) is 39.1 Å². The number of amides is 2. The zero-order valence-corrected chi connectivity index (χ0v) is 17.9. The van der Waals surface area contributed by atoms with Crippen molar-refractivity contribution in [1.82, 2.24) is 19.6 Å². The van der Waals surface area contributed by atoms with Crippen LogP contribution in [-0.2, 0) is 29.5 Å². The number of rotatable bonds is 6. The monoisotopic (exact) mass is 397 g/mol. The molecule has 1 aliphatic rings. The van der Waals surface area contributed by atoms with Gasteiger partial charge in [0.2, 0.25) is 11.8 Å². The van der Waals surface area contributed by atoms with Gasteiger partial charge in [-0.15, -0.1) is 0 Å². The molecule has 1 N–H and O–H groups in total. The zero-order valence-electron chi connectivity index (χ0n) is 17.9. The highest BCUT2D eigenvalue weighted by atomic mass is 16.2. The molecule has 156 valence electrons. The molecule has 7 heteroatoms. The molecule has 0 saturated carbocycles. The van der Waals surface area contributed by atoms with E-state index in [4.69, 9.17) is 0 Å². The Morgan fingerprint density at radius 1 is 1.10 bits per heavy atom. The van der Waals surface area contributed by atoms with E-state index in [1.807, 2.05) is 54.7 Å². The van der Waals surface area contributed by atoms with Crippen molar-refractivity contribution in [2.45, 2.75) is 33.6 Å². The van der Waals surface area contributed by atoms with Crippen LogP contribution in [0.5, 0.6) is 0 Å². The van der Waals surface area contributed by atoms with Crippen molar-refractivity contribution < 1.29 is 9.59 Å². The van der Waals surface area contributed by atoms with Crippen LogP contribution in [0.15, 0.2) is 24.3 Å². The van der Waals surface area contributed by atoms with Gasteiger partial charge in [-0.25, -0.2) is 0 Å². The molecule has 1 fully saturated rings. The van der Waals surface area contributed by atoms with Gasteiger partial charge in [0.25, 0.3) is 0 Å². The number of hydrogen-bond donors (Lipinski definition) is 1. The van der Waals surface area contributed by atoms with E-state index in [1.54, 1.807) is 0 Å². The maximum absolute atomic E-state index is 12.7. The summed E-state index contributed by atoms with van der Waals surface area (Å²) in [7, 11) is 1.90. The second-order valence-electron chi connectivity index (χ2n) is 7.67. The van der Waals surface area contributed by atoms with Crippen LogP contribution in [0.2, 0.25) is 0 Å².